The minimum atomic E-state index is -0.676. The Morgan fingerprint density at radius 1 is 1.30 bits per heavy atom. The van der Waals surface area contributed by atoms with Gasteiger partial charge in [-0.2, -0.15) is 5.26 Å². The maximum absolute atomic E-state index is 13.7. The van der Waals surface area contributed by atoms with Crippen molar-refractivity contribution < 1.29 is 13.9 Å². The fraction of sp³-hybridized carbons (Fsp3) is 0.0588. The third-order valence-electron chi connectivity index (χ3n) is 2.97. The number of rotatable bonds is 4. The van der Waals surface area contributed by atoms with E-state index in [0.717, 1.165) is 0 Å². The SMILES string of the molecule is COc1ccc(/C=C(\C#N)C(=O)Nc2ccc(Br)cc2F)cc1. The van der Waals surface area contributed by atoms with E-state index in [1.54, 1.807) is 37.4 Å². The lowest BCUT2D eigenvalue weighted by molar-refractivity contribution is -0.112. The van der Waals surface area contributed by atoms with Gasteiger partial charge in [0.2, 0.25) is 0 Å². The third kappa shape index (κ3) is 4.41. The summed E-state index contributed by atoms with van der Waals surface area (Å²) in [5.74, 6) is -0.596. The summed E-state index contributed by atoms with van der Waals surface area (Å²) in [7, 11) is 1.55. The zero-order valence-electron chi connectivity index (χ0n) is 12.1. The zero-order valence-corrected chi connectivity index (χ0v) is 13.7. The fourth-order valence-electron chi connectivity index (χ4n) is 1.80. The van der Waals surface area contributed by atoms with Crippen LogP contribution in [0.4, 0.5) is 10.1 Å². The number of benzene rings is 2. The van der Waals surface area contributed by atoms with Gasteiger partial charge in [0, 0.05) is 4.47 Å². The van der Waals surface area contributed by atoms with Crippen molar-refractivity contribution in [3.8, 4) is 11.8 Å². The molecule has 0 radical (unpaired) electrons. The molecule has 23 heavy (non-hydrogen) atoms. The minimum absolute atomic E-state index is 0.00841. The Bertz CT molecular complexity index is 795. The van der Waals surface area contributed by atoms with Gasteiger partial charge in [0.1, 0.15) is 23.2 Å². The average Bonchev–Trinajstić information content (AvgIpc) is 2.55. The largest absolute Gasteiger partial charge is 0.497 e. The van der Waals surface area contributed by atoms with Gasteiger partial charge in [-0.3, -0.25) is 4.79 Å². The van der Waals surface area contributed by atoms with E-state index in [9.17, 15) is 9.18 Å². The van der Waals surface area contributed by atoms with Crippen LogP contribution in [0, 0.1) is 17.1 Å². The van der Waals surface area contributed by atoms with Crippen LogP contribution in [0.2, 0.25) is 0 Å². The van der Waals surface area contributed by atoms with Crippen molar-refractivity contribution >= 4 is 33.6 Å². The molecule has 0 aliphatic heterocycles. The molecular formula is C17H12BrFN2O2. The van der Waals surface area contributed by atoms with Crippen LogP contribution in [-0.4, -0.2) is 13.0 Å². The topological polar surface area (TPSA) is 62.1 Å². The minimum Gasteiger partial charge on any atom is -0.497 e. The van der Waals surface area contributed by atoms with Gasteiger partial charge in [0.05, 0.1) is 12.8 Å². The van der Waals surface area contributed by atoms with Crippen molar-refractivity contribution in [1.82, 2.24) is 0 Å². The predicted molar refractivity (Wildman–Crippen MR) is 89.3 cm³/mol. The molecule has 0 heterocycles. The maximum Gasteiger partial charge on any atom is 0.266 e. The van der Waals surface area contributed by atoms with Crippen molar-refractivity contribution in [2.24, 2.45) is 0 Å². The number of nitrogens with one attached hydrogen (secondary N) is 1. The van der Waals surface area contributed by atoms with Crippen LogP contribution >= 0.6 is 15.9 Å². The molecule has 0 unspecified atom stereocenters. The van der Waals surface area contributed by atoms with E-state index < -0.39 is 11.7 Å². The second kappa shape index (κ2) is 7.56. The highest BCUT2D eigenvalue weighted by Gasteiger charge is 2.12. The van der Waals surface area contributed by atoms with Crippen LogP contribution in [0.1, 0.15) is 5.56 Å². The summed E-state index contributed by atoms with van der Waals surface area (Å²) in [6.45, 7) is 0. The van der Waals surface area contributed by atoms with Gasteiger partial charge in [-0.25, -0.2) is 4.39 Å². The van der Waals surface area contributed by atoms with Crippen molar-refractivity contribution in [3.05, 3.63) is 63.9 Å². The molecular weight excluding hydrogens is 363 g/mol. The van der Waals surface area contributed by atoms with E-state index >= 15 is 0 Å². The Hall–Kier alpha value is -2.65. The van der Waals surface area contributed by atoms with E-state index in [1.807, 2.05) is 6.07 Å². The predicted octanol–water partition coefficient (Wildman–Crippen LogP) is 4.14. The first-order valence-corrected chi connectivity index (χ1v) is 7.35. The lowest BCUT2D eigenvalue weighted by Gasteiger charge is -2.06. The van der Waals surface area contributed by atoms with Crippen molar-refractivity contribution in [2.45, 2.75) is 0 Å². The quantitative estimate of drug-likeness (QED) is 0.645. The number of ether oxygens (including phenoxy) is 1. The second-order valence-electron chi connectivity index (χ2n) is 4.52. The van der Waals surface area contributed by atoms with E-state index in [1.165, 1.54) is 18.2 Å². The molecule has 0 fully saturated rings. The third-order valence-corrected chi connectivity index (χ3v) is 3.46. The molecule has 0 bridgehead atoms. The monoisotopic (exact) mass is 374 g/mol. The van der Waals surface area contributed by atoms with Gasteiger partial charge in [-0.1, -0.05) is 28.1 Å². The van der Waals surface area contributed by atoms with Gasteiger partial charge in [-0.15, -0.1) is 0 Å². The first kappa shape index (κ1) is 16.7. The number of carbonyl (C=O) groups excluding carboxylic acids is 1. The summed E-state index contributed by atoms with van der Waals surface area (Å²) in [5, 5.41) is 11.5. The summed E-state index contributed by atoms with van der Waals surface area (Å²) >= 11 is 3.13. The number of amides is 1. The molecule has 2 aromatic carbocycles. The van der Waals surface area contributed by atoms with Crippen LogP contribution in [0.3, 0.4) is 0 Å². The molecule has 0 spiro atoms. The zero-order chi connectivity index (χ0) is 16.8. The smallest absolute Gasteiger partial charge is 0.266 e. The number of carbonyl (C=O) groups is 1. The number of halogens is 2. The highest BCUT2D eigenvalue weighted by molar-refractivity contribution is 9.10. The van der Waals surface area contributed by atoms with Crippen LogP contribution in [0.25, 0.3) is 6.08 Å². The lowest BCUT2D eigenvalue weighted by atomic mass is 10.1. The molecule has 0 aliphatic rings. The number of hydrogen-bond acceptors (Lipinski definition) is 3. The highest BCUT2D eigenvalue weighted by Crippen LogP contribution is 2.20. The molecule has 0 atom stereocenters. The number of nitriles is 1. The van der Waals surface area contributed by atoms with E-state index in [4.69, 9.17) is 10.00 Å². The Morgan fingerprint density at radius 2 is 2.00 bits per heavy atom. The summed E-state index contributed by atoms with van der Waals surface area (Å²) in [6.07, 6.45) is 1.42. The van der Waals surface area contributed by atoms with E-state index in [0.29, 0.717) is 15.8 Å². The number of nitrogens with zero attached hydrogens (tertiary/aromatic N) is 1. The van der Waals surface area contributed by atoms with Crippen LogP contribution in [0.5, 0.6) is 5.75 Å². The molecule has 0 aliphatic carbocycles. The molecule has 6 heteroatoms. The van der Waals surface area contributed by atoms with Crippen molar-refractivity contribution in [2.75, 3.05) is 12.4 Å². The summed E-state index contributed by atoms with van der Waals surface area (Å²) < 4.78 is 19.3. The van der Waals surface area contributed by atoms with Crippen LogP contribution in [-0.2, 0) is 4.79 Å². The number of methoxy groups -OCH3 is 1. The molecule has 4 nitrogen and oxygen atoms in total. The molecule has 2 aromatic rings. The summed E-state index contributed by atoms with van der Waals surface area (Å²) in [4.78, 5) is 12.1. The molecule has 116 valence electrons. The standard InChI is InChI=1S/C17H12BrFN2O2/c1-23-14-5-2-11(3-6-14)8-12(10-20)17(22)21-16-7-4-13(18)9-15(16)19/h2-9H,1H3,(H,21,22)/b12-8+. The first-order valence-electron chi connectivity index (χ1n) is 6.55. The molecule has 0 saturated heterocycles. The fourth-order valence-corrected chi connectivity index (χ4v) is 2.13. The first-order chi connectivity index (χ1) is 11.0. The van der Waals surface area contributed by atoms with Gasteiger partial charge in [-0.05, 0) is 42.0 Å². The summed E-state index contributed by atoms with van der Waals surface area (Å²) in [5.41, 5.74) is 0.542. The van der Waals surface area contributed by atoms with E-state index in [2.05, 4.69) is 21.2 Å². The van der Waals surface area contributed by atoms with Crippen molar-refractivity contribution in [1.29, 1.82) is 5.26 Å². The van der Waals surface area contributed by atoms with E-state index in [-0.39, 0.29) is 11.3 Å². The van der Waals surface area contributed by atoms with Gasteiger partial charge >= 0.3 is 0 Å². The average molecular weight is 375 g/mol. The van der Waals surface area contributed by atoms with Gasteiger partial charge in [0.25, 0.3) is 5.91 Å². The second-order valence-corrected chi connectivity index (χ2v) is 5.44. The maximum atomic E-state index is 13.7. The molecule has 1 amide bonds. The molecule has 2 rings (SSSR count). The molecule has 0 aromatic heterocycles. The van der Waals surface area contributed by atoms with Crippen LogP contribution in [0.15, 0.2) is 52.5 Å². The number of anilines is 1. The number of hydrogen-bond donors (Lipinski definition) is 1. The van der Waals surface area contributed by atoms with Gasteiger partial charge in [0.15, 0.2) is 0 Å². The molecule has 0 saturated carbocycles. The normalized spacial score (nSPS) is 10.8. The van der Waals surface area contributed by atoms with Crippen LogP contribution < -0.4 is 10.1 Å². The Labute approximate surface area is 141 Å². The van der Waals surface area contributed by atoms with Crippen molar-refractivity contribution in [3.63, 3.8) is 0 Å². The lowest BCUT2D eigenvalue weighted by Crippen LogP contribution is -2.14. The molecule has 1 N–H and O–H groups in total. The highest BCUT2D eigenvalue weighted by atomic mass is 79.9. The Morgan fingerprint density at radius 3 is 2.57 bits per heavy atom. The van der Waals surface area contributed by atoms with Gasteiger partial charge < -0.3 is 10.1 Å². The Balaban J connectivity index is 2.20. The Kier molecular flexibility index (Phi) is 5.50. The summed E-state index contributed by atoms with van der Waals surface area (Å²) in [6, 6.07) is 12.9.